The first kappa shape index (κ1) is 20.2. The number of amides is 1. The minimum absolute atomic E-state index is 0.298. The lowest BCUT2D eigenvalue weighted by molar-refractivity contribution is -0.274. The van der Waals surface area contributed by atoms with Crippen molar-refractivity contribution in [3.05, 3.63) is 84.6 Å². The van der Waals surface area contributed by atoms with Crippen molar-refractivity contribution in [2.45, 2.75) is 6.36 Å². The third-order valence-electron chi connectivity index (χ3n) is 4.65. The lowest BCUT2D eigenvalue weighted by atomic mass is 10.00. The third-order valence-corrected chi connectivity index (χ3v) is 4.65. The number of carbonyl (C=O) groups excluding carboxylic acids is 2. The average molecular weight is 424 g/mol. The average Bonchev–Trinajstić information content (AvgIpc) is 3.14. The van der Waals surface area contributed by atoms with E-state index in [0.29, 0.717) is 27.9 Å². The summed E-state index contributed by atoms with van der Waals surface area (Å²) in [4.78, 5) is 24.4. The molecule has 4 rings (SSSR count). The predicted molar refractivity (Wildman–Crippen MR) is 110 cm³/mol. The number of benzene rings is 3. The van der Waals surface area contributed by atoms with Gasteiger partial charge in [-0.2, -0.15) is 0 Å². The van der Waals surface area contributed by atoms with Crippen LogP contribution in [0.1, 0.15) is 10.4 Å². The number of nitrogens with zero attached hydrogens (tertiary/aromatic N) is 1. The number of nitrogens with one attached hydrogen (secondary N) is 1. The molecule has 0 bridgehead atoms. The fourth-order valence-corrected chi connectivity index (χ4v) is 3.33. The van der Waals surface area contributed by atoms with Gasteiger partial charge >= 0.3 is 12.4 Å². The van der Waals surface area contributed by atoms with Crippen molar-refractivity contribution < 1.29 is 27.5 Å². The van der Waals surface area contributed by atoms with Crippen LogP contribution in [0, 0.1) is 0 Å². The van der Waals surface area contributed by atoms with Crippen molar-refractivity contribution in [3.8, 4) is 16.9 Å². The summed E-state index contributed by atoms with van der Waals surface area (Å²) in [6, 6.07) is 18.6. The quantitative estimate of drug-likeness (QED) is 0.403. The van der Waals surface area contributed by atoms with Crippen LogP contribution in [0.25, 0.3) is 22.0 Å². The third kappa shape index (κ3) is 4.28. The second-order valence-corrected chi connectivity index (χ2v) is 6.64. The normalized spacial score (nSPS) is 11.3. The fraction of sp³-hybridized carbons (Fsp3) is 0.0435. The van der Waals surface area contributed by atoms with Gasteiger partial charge in [0.25, 0.3) is 0 Å². The largest absolute Gasteiger partial charge is 0.573 e. The molecular formula is C23H15F3N2O3. The van der Waals surface area contributed by atoms with Crippen LogP contribution >= 0.6 is 0 Å². The molecule has 31 heavy (non-hydrogen) atoms. The summed E-state index contributed by atoms with van der Waals surface area (Å²) < 4.78 is 42.1. The summed E-state index contributed by atoms with van der Waals surface area (Å²) in [6.07, 6.45) is -2.40. The highest BCUT2D eigenvalue weighted by molar-refractivity contribution is 6.06. The van der Waals surface area contributed by atoms with Gasteiger partial charge in [-0.1, -0.05) is 42.5 Å². The number of alkyl halides is 3. The smallest absolute Gasteiger partial charge is 0.406 e. The molecule has 1 amide bonds. The number of carbonyl (C=O) groups is 2. The molecule has 0 unspecified atom stereocenters. The number of aromatic nitrogens is 1. The summed E-state index contributed by atoms with van der Waals surface area (Å²) in [5.41, 5.74) is 2.81. The molecular weight excluding hydrogens is 409 g/mol. The van der Waals surface area contributed by atoms with Crippen LogP contribution in [-0.4, -0.2) is 23.2 Å². The molecule has 0 saturated carbocycles. The van der Waals surface area contributed by atoms with Gasteiger partial charge in [-0.15, -0.1) is 13.2 Å². The monoisotopic (exact) mass is 424 g/mol. The summed E-state index contributed by atoms with van der Waals surface area (Å²) in [7, 11) is 0. The van der Waals surface area contributed by atoms with Crippen LogP contribution in [0.3, 0.4) is 0 Å². The molecule has 0 atom stereocenters. The lowest BCUT2D eigenvalue weighted by Crippen LogP contribution is -2.19. The molecule has 0 spiro atoms. The Labute approximate surface area is 174 Å². The maximum atomic E-state index is 12.9. The summed E-state index contributed by atoms with van der Waals surface area (Å²) in [5, 5.41) is 3.43. The molecule has 0 aliphatic rings. The van der Waals surface area contributed by atoms with Crippen LogP contribution in [0.5, 0.6) is 5.75 Å². The molecule has 1 N–H and O–H groups in total. The van der Waals surface area contributed by atoms with Crippen molar-refractivity contribution >= 4 is 28.9 Å². The number of halogens is 3. The van der Waals surface area contributed by atoms with Gasteiger partial charge in [0.1, 0.15) is 5.75 Å². The highest BCUT2D eigenvalue weighted by Crippen LogP contribution is 2.32. The molecule has 0 radical (unpaired) electrons. The fourth-order valence-electron chi connectivity index (χ4n) is 3.33. The summed E-state index contributed by atoms with van der Waals surface area (Å²) in [6.45, 7) is 0. The van der Waals surface area contributed by atoms with Crippen LogP contribution in [0.4, 0.5) is 23.7 Å². The van der Waals surface area contributed by atoms with Crippen molar-refractivity contribution in [2.75, 3.05) is 5.32 Å². The second kappa shape index (κ2) is 7.98. The van der Waals surface area contributed by atoms with Crippen molar-refractivity contribution in [3.63, 3.8) is 0 Å². The molecule has 0 aliphatic heterocycles. The van der Waals surface area contributed by atoms with Gasteiger partial charge in [-0.05, 0) is 35.9 Å². The standard InChI is InChI=1S/C23H15F3N2O3/c24-23(25,26)31-17-11-9-16(10-12-17)27-22(30)28-13-20(19-7-3-4-8-21(19)28)18-6-2-1-5-15(18)14-29/h1-14H,(H,27,30). The Morgan fingerprint density at radius 1 is 0.903 bits per heavy atom. The van der Waals surface area contributed by atoms with E-state index in [2.05, 4.69) is 10.1 Å². The van der Waals surface area contributed by atoms with Gasteiger partial charge in [-0.3, -0.25) is 9.36 Å². The topological polar surface area (TPSA) is 60.3 Å². The highest BCUT2D eigenvalue weighted by atomic mass is 19.4. The molecule has 4 aromatic rings. The molecule has 5 nitrogen and oxygen atoms in total. The molecule has 156 valence electrons. The Morgan fingerprint density at radius 2 is 1.58 bits per heavy atom. The van der Waals surface area contributed by atoms with Gasteiger partial charge in [0, 0.05) is 28.4 Å². The first-order valence-corrected chi connectivity index (χ1v) is 9.17. The van der Waals surface area contributed by atoms with Gasteiger partial charge in [0.05, 0.1) is 5.52 Å². The Bertz CT molecular complexity index is 1260. The number of fused-ring (bicyclic) bond motifs is 1. The number of ether oxygens (including phenoxy) is 1. The van der Waals surface area contributed by atoms with Crippen LogP contribution in [0.2, 0.25) is 0 Å². The number of aldehydes is 1. The van der Waals surface area contributed by atoms with Crippen molar-refractivity contribution in [1.82, 2.24) is 4.57 Å². The lowest BCUT2D eigenvalue weighted by Gasteiger charge is -2.10. The van der Waals surface area contributed by atoms with Crippen LogP contribution < -0.4 is 10.1 Å². The Balaban J connectivity index is 1.67. The molecule has 0 fully saturated rings. The van der Waals surface area contributed by atoms with E-state index >= 15 is 0 Å². The molecule has 1 aromatic heterocycles. The minimum atomic E-state index is -4.79. The maximum Gasteiger partial charge on any atom is 0.573 e. The highest BCUT2D eigenvalue weighted by Gasteiger charge is 2.31. The van der Waals surface area contributed by atoms with E-state index < -0.39 is 12.4 Å². The van der Waals surface area contributed by atoms with Crippen LogP contribution in [-0.2, 0) is 0 Å². The number of rotatable bonds is 4. The van der Waals surface area contributed by atoms with E-state index in [9.17, 15) is 22.8 Å². The first-order chi connectivity index (χ1) is 14.9. The van der Waals surface area contributed by atoms with E-state index in [-0.39, 0.29) is 5.75 Å². The Kier molecular flexibility index (Phi) is 5.21. The number of para-hydroxylation sites is 1. The number of hydrogen-bond acceptors (Lipinski definition) is 3. The zero-order valence-electron chi connectivity index (χ0n) is 15.9. The zero-order chi connectivity index (χ0) is 22.0. The minimum Gasteiger partial charge on any atom is -0.406 e. The van der Waals surface area contributed by atoms with E-state index in [1.54, 1.807) is 42.6 Å². The maximum absolute atomic E-state index is 12.9. The van der Waals surface area contributed by atoms with Crippen molar-refractivity contribution in [2.24, 2.45) is 0 Å². The summed E-state index contributed by atoms with van der Waals surface area (Å²) >= 11 is 0. The van der Waals surface area contributed by atoms with Gasteiger partial charge in [-0.25, -0.2) is 4.79 Å². The Hall–Kier alpha value is -4.07. The molecule has 8 heteroatoms. The molecule has 0 saturated heterocycles. The zero-order valence-corrected chi connectivity index (χ0v) is 15.9. The predicted octanol–water partition coefficient (Wildman–Crippen LogP) is 6.10. The first-order valence-electron chi connectivity index (χ1n) is 9.17. The van der Waals surface area contributed by atoms with Crippen LogP contribution in [0.15, 0.2) is 79.0 Å². The molecule has 1 heterocycles. The van der Waals surface area contributed by atoms with E-state index in [4.69, 9.17) is 0 Å². The van der Waals surface area contributed by atoms with Gasteiger partial charge < -0.3 is 10.1 Å². The Morgan fingerprint density at radius 3 is 2.29 bits per heavy atom. The van der Waals surface area contributed by atoms with Crippen molar-refractivity contribution in [1.29, 1.82) is 0 Å². The van der Waals surface area contributed by atoms with E-state index in [0.717, 1.165) is 23.8 Å². The van der Waals surface area contributed by atoms with Gasteiger partial charge in [0.2, 0.25) is 0 Å². The number of hydrogen-bond donors (Lipinski definition) is 1. The number of anilines is 1. The summed E-state index contributed by atoms with van der Waals surface area (Å²) in [5.74, 6) is -0.385. The SMILES string of the molecule is O=Cc1ccccc1-c1cn(C(=O)Nc2ccc(OC(F)(F)F)cc2)c2ccccc12. The van der Waals surface area contributed by atoms with Gasteiger partial charge in [0.15, 0.2) is 6.29 Å². The molecule has 0 aliphatic carbocycles. The van der Waals surface area contributed by atoms with E-state index in [1.807, 2.05) is 12.1 Å². The van der Waals surface area contributed by atoms with E-state index in [1.165, 1.54) is 16.7 Å². The molecule has 3 aromatic carbocycles. The second-order valence-electron chi connectivity index (χ2n) is 6.64.